The average Bonchev–Trinajstić information content (AvgIpc) is 2.73. The Morgan fingerprint density at radius 1 is 0.519 bits per heavy atom. The molecule has 0 amide bonds. The van der Waals surface area contributed by atoms with Gasteiger partial charge in [0, 0.05) is 0 Å². The fourth-order valence-corrected chi connectivity index (χ4v) is 8.24. The molecule has 0 bridgehead atoms. The van der Waals surface area contributed by atoms with Gasteiger partial charge in [-0.1, -0.05) is 80.8 Å². The molecule has 0 aliphatic rings. The molecular formula is C25H31BrP+. The van der Waals surface area contributed by atoms with Crippen LogP contribution in [-0.2, 0) is 0 Å². The third-order valence-electron chi connectivity index (χ3n) is 5.19. The van der Waals surface area contributed by atoms with Crippen LogP contribution in [0.4, 0.5) is 0 Å². The van der Waals surface area contributed by atoms with Gasteiger partial charge in [0.2, 0.25) is 0 Å². The monoisotopic (exact) mass is 441 g/mol. The molecule has 0 nitrogen and oxygen atoms in total. The molecule has 0 saturated carbocycles. The zero-order valence-electron chi connectivity index (χ0n) is 16.3. The van der Waals surface area contributed by atoms with E-state index in [1.165, 1.54) is 54.2 Å². The van der Waals surface area contributed by atoms with Crippen molar-refractivity contribution >= 4 is 40.2 Å². The summed E-state index contributed by atoms with van der Waals surface area (Å²) in [6, 6.07) is 33.7. The predicted octanol–water partition coefficient (Wildman–Crippen LogP) is 6.53. The number of benzene rings is 3. The fraction of sp³-hybridized carbons (Fsp3) is 0.280. The molecular weight excluding hydrogens is 411 g/mol. The van der Waals surface area contributed by atoms with E-state index >= 15 is 0 Å². The molecule has 2 heteroatoms. The first-order valence-electron chi connectivity index (χ1n) is 9.93. The van der Waals surface area contributed by atoms with Crippen LogP contribution in [0.25, 0.3) is 0 Å². The van der Waals surface area contributed by atoms with E-state index in [0.29, 0.717) is 0 Å². The van der Waals surface area contributed by atoms with Crippen molar-refractivity contribution in [3.05, 3.63) is 91.0 Å². The van der Waals surface area contributed by atoms with Crippen molar-refractivity contribution in [1.29, 1.82) is 0 Å². The van der Waals surface area contributed by atoms with Gasteiger partial charge < -0.3 is 0 Å². The van der Waals surface area contributed by atoms with Crippen LogP contribution in [0.1, 0.15) is 39.0 Å². The van der Waals surface area contributed by atoms with Crippen LogP contribution in [0.5, 0.6) is 0 Å². The Balaban J connectivity index is 0.00000261. The van der Waals surface area contributed by atoms with Crippen LogP contribution in [0.15, 0.2) is 91.0 Å². The Bertz CT molecular complexity index is 659. The Kier molecular flexibility index (Phi) is 9.25. The molecule has 0 radical (unpaired) electrons. The second-order valence-corrected chi connectivity index (χ2v) is 10.6. The first-order chi connectivity index (χ1) is 12.9. The lowest BCUT2D eigenvalue weighted by Crippen LogP contribution is -2.33. The number of hydrogen-bond acceptors (Lipinski definition) is 0. The van der Waals surface area contributed by atoms with E-state index in [0.717, 1.165) is 0 Å². The molecule has 142 valence electrons. The molecule has 0 saturated heterocycles. The summed E-state index contributed by atoms with van der Waals surface area (Å²) in [7, 11) is -1.60. The molecule has 27 heavy (non-hydrogen) atoms. The molecule has 3 aromatic rings. The van der Waals surface area contributed by atoms with Crippen LogP contribution < -0.4 is 15.9 Å². The molecule has 0 aromatic heterocycles. The molecule has 3 rings (SSSR count). The summed E-state index contributed by atoms with van der Waals surface area (Å²) in [5, 5.41) is 4.52. The predicted molar refractivity (Wildman–Crippen MR) is 129 cm³/mol. The highest BCUT2D eigenvalue weighted by Crippen LogP contribution is 2.55. The highest BCUT2D eigenvalue weighted by Gasteiger charge is 2.44. The van der Waals surface area contributed by atoms with Crippen molar-refractivity contribution in [3.63, 3.8) is 0 Å². The van der Waals surface area contributed by atoms with Crippen molar-refractivity contribution in [1.82, 2.24) is 0 Å². The van der Waals surface area contributed by atoms with Gasteiger partial charge >= 0.3 is 0 Å². The summed E-state index contributed by atoms with van der Waals surface area (Å²) in [4.78, 5) is 0. The van der Waals surface area contributed by atoms with Crippen LogP contribution >= 0.6 is 24.2 Å². The molecule has 3 aromatic carbocycles. The summed E-state index contributed by atoms with van der Waals surface area (Å²) in [6.45, 7) is 2.29. The van der Waals surface area contributed by atoms with Gasteiger partial charge in [0.05, 0.1) is 6.16 Å². The smallest absolute Gasteiger partial charge is 0.112 e. The summed E-state index contributed by atoms with van der Waals surface area (Å²) in [5.41, 5.74) is 0. The van der Waals surface area contributed by atoms with Crippen molar-refractivity contribution in [2.75, 3.05) is 6.16 Å². The SMILES string of the molecule is Br.CCCCCCC[P+](c1ccccc1)(c1ccccc1)c1ccccc1. The van der Waals surface area contributed by atoms with Crippen LogP contribution in [0, 0.1) is 0 Å². The van der Waals surface area contributed by atoms with E-state index in [1.807, 2.05) is 0 Å². The largest absolute Gasteiger partial charge is 0.114 e. The van der Waals surface area contributed by atoms with E-state index in [2.05, 4.69) is 97.9 Å². The average molecular weight is 442 g/mol. The van der Waals surface area contributed by atoms with Crippen molar-refractivity contribution in [2.45, 2.75) is 39.0 Å². The Morgan fingerprint density at radius 3 is 1.26 bits per heavy atom. The maximum atomic E-state index is 2.35. The summed E-state index contributed by atoms with van der Waals surface area (Å²) in [6.07, 6.45) is 7.90. The van der Waals surface area contributed by atoms with E-state index in [1.54, 1.807) is 0 Å². The Morgan fingerprint density at radius 2 is 0.889 bits per heavy atom. The molecule has 0 fully saturated rings. The van der Waals surface area contributed by atoms with E-state index in [-0.39, 0.29) is 17.0 Å². The van der Waals surface area contributed by atoms with Gasteiger partial charge in [0.25, 0.3) is 0 Å². The van der Waals surface area contributed by atoms with Crippen molar-refractivity contribution < 1.29 is 0 Å². The maximum absolute atomic E-state index is 2.35. The molecule has 0 atom stereocenters. The number of unbranched alkanes of at least 4 members (excludes halogenated alkanes) is 4. The van der Waals surface area contributed by atoms with Gasteiger partial charge in [0.15, 0.2) is 0 Å². The highest BCUT2D eigenvalue weighted by molar-refractivity contribution is 8.93. The molecule has 0 aliphatic carbocycles. The second kappa shape index (κ2) is 11.4. The minimum Gasteiger partial charge on any atom is -0.114 e. The molecule has 0 heterocycles. The van der Waals surface area contributed by atoms with Gasteiger partial charge in [-0.2, -0.15) is 0 Å². The van der Waals surface area contributed by atoms with Crippen molar-refractivity contribution in [2.24, 2.45) is 0 Å². The van der Waals surface area contributed by atoms with Crippen LogP contribution in [0.2, 0.25) is 0 Å². The summed E-state index contributed by atoms with van der Waals surface area (Å²) < 4.78 is 0. The van der Waals surface area contributed by atoms with Crippen LogP contribution in [-0.4, -0.2) is 6.16 Å². The zero-order chi connectivity index (χ0) is 18.1. The molecule has 0 aliphatic heterocycles. The van der Waals surface area contributed by atoms with E-state index < -0.39 is 7.26 Å². The normalized spacial score (nSPS) is 11.0. The molecule has 0 spiro atoms. The van der Waals surface area contributed by atoms with Gasteiger partial charge in [-0.15, -0.1) is 17.0 Å². The van der Waals surface area contributed by atoms with E-state index in [9.17, 15) is 0 Å². The topological polar surface area (TPSA) is 0 Å². The number of rotatable bonds is 9. The maximum Gasteiger partial charge on any atom is 0.112 e. The summed E-state index contributed by atoms with van der Waals surface area (Å²) >= 11 is 0. The number of halogens is 1. The fourth-order valence-electron chi connectivity index (χ4n) is 3.83. The third kappa shape index (κ3) is 5.31. The number of hydrogen-bond donors (Lipinski definition) is 0. The Labute approximate surface area is 176 Å². The lowest BCUT2D eigenvalue weighted by Gasteiger charge is -2.27. The minimum absolute atomic E-state index is 0. The van der Waals surface area contributed by atoms with E-state index in [4.69, 9.17) is 0 Å². The Hall–Kier alpha value is -1.43. The van der Waals surface area contributed by atoms with Crippen molar-refractivity contribution in [3.8, 4) is 0 Å². The van der Waals surface area contributed by atoms with Gasteiger partial charge in [-0.3, -0.25) is 0 Å². The quantitative estimate of drug-likeness (QED) is 0.261. The minimum atomic E-state index is -1.60. The second-order valence-electron chi connectivity index (χ2n) is 6.95. The third-order valence-corrected chi connectivity index (χ3v) is 9.71. The lowest BCUT2D eigenvalue weighted by molar-refractivity contribution is 0.658. The standard InChI is InChI=1S/C25H30P.BrH/c1-2-3-4-5-15-22-26(23-16-9-6-10-17-23,24-18-11-7-12-19-24)25-20-13-8-14-21-25;/h6-14,16-21H,2-5,15,22H2,1H3;1H/q+1;. The highest BCUT2D eigenvalue weighted by atomic mass is 79.9. The first-order valence-corrected chi connectivity index (χ1v) is 11.9. The molecule has 0 unspecified atom stereocenters. The van der Waals surface area contributed by atoms with Gasteiger partial charge in [-0.05, 0) is 49.2 Å². The summed E-state index contributed by atoms with van der Waals surface area (Å²) in [5.74, 6) is 0. The van der Waals surface area contributed by atoms with Gasteiger partial charge in [0.1, 0.15) is 23.2 Å². The lowest BCUT2D eigenvalue weighted by atomic mass is 10.2. The van der Waals surface area contributed by atoms with Crippen LogP contribution in [0.3, 0.4) is 0 Å². The first kappa shape index (κ1) is 21.9. The zero-order valence-corrected chi connectivity index (χ0v) is 18.9. The van der Waals surface area contributed by atoms with Gasteiger partial charge in [-0.25, -0.2) is 0 Å². The molecule has 0 N–H and O–H groups in total.